The predicted molar refractivity (Wildman–Crippen MR) is 89.2 cm³/mol. The Bertz CT molecular complexity index is 674. The van der Waals surface area contributed by atoms with E-state index in [4.69, 9.17) is 20.3 Å². The average Bonchev–Trinajstić information content (AvgIpc) is 2.60. The van der Waals surface area contributed by atoms with E-state index in [9.17, 15) is 9.90 Å². The van der Waals surface area contributed by atoms with Gasteiger partial charge in [-0.15, -0.1) is 0 Å². The van der Waals surface area contributed by atoms with Gasteiger partial charge in [0.05, 0.1) is 13.7 Å². The zero-order valence-electron chi connectivity index (χ0n) is 13.4. The summed E-state index contributed by atoms with van der Waals surface area (Å²) in [5, 5.41) is 18.6. The summed E-state index contributed by atoms with van der Waals surface area (Å²) < 4.78 is 11.0. The van der Waals surface area contributed by atoms with Crippen LogP contribution in [0.5, 0.6) is 11.5 Å². The first kappa shape index (κ1) is 17.8. The lowest BCUT2D eigenvalue weighted by Gasteiger charge is -2.18. The van der Waals surface area contributed by atoms with E-state index in [2.05, 4.69) is 0 Å². The Morgan fingerprint density at radius 2 is 1.88 bits per heavy atom. The Morgan fingerprint density at radius 1 is 1.17 bits per heavy atom. The third-order valence-corrected chi connectivity index (χ3v) is 3.53. The fraction of sp³-hybridized carbons (Fsp3) is 0.278. The van der Waals surface area contributed by atoms with Gasteiger partial charge in [0.2, 0.25) is 6.10 Å². The minimum Gasteiger partial charge on any atom is -0.493 e. The van der Waals surface area contributed by atoms with E-state index in [0.29, 0.717) is 23.5 Å². The Morgan fingerprint density at radius 3 is 2.46 bits per heavy atom. The Kier molecular flexibility index (Phi) is 6.17. The summed E-state index contributed by atoms with van der Waals surface area (Å²) in [6.45, 7) is -0.135. The number of benzene rings is 2. The topological polar surface area (TPSA) is 102 Å². The van der Waals surface area contributed by atoms with Crippen molar-refractivity contribution in [3.63, 3.8) is 0 Å². The smallest absolute Gasteiger partial charge is 0.349 e. The molecule has 2 rings (SSSR count). The van der Waals surface area contributed by atoms with Crippen LogP contribution in [0.25, 0.3) is 0 Å². The van der Waals surface area contributed by atoms with Gasteiger partial charge in [-0.25, -0.2) is 4.79 Å². The number of nitrogens with two attached hydrogens (primary N) is 1. The van der Waals surface area contributed by atoms with Crippen LogP contribution >= 0.6 is 0 Å². The van der Waals surface area contributed by atoms with Gasteiger partial charge in [-0.3, -0.25) is 0 Å². The first-order valence-corrected chi connectivity index (χ1v) is 7.53. The van der Waals surface area contributed by atoms with Gasteiger partial charge >= 0.3 is 5.97 Å². The summed E-state index contributed by atoms with van der Waals surface area (Å²) in [6.07, 6.45) is -0.707. The number of aliphatic carboxylic acids is 1. The number of carbonyl (C=O) groups is 1. The number of carboxylic acid groups (broad SMARTS) is 1. The molecule has 0 saturated carbocycles. The molecule has 0 radical (unpaired) electrons. The van der Waals surface area contributed by atoms with Crippen molar-refractivity contribution in [1.29, 1.82) is 0 Å². The highest BCUT2D eigenvalue weighted by Crippen LogP contribution is 2.32. The zero-order valence-corrected chi connectivity index (χ0v) is 13.4. The fourth-order valence-corrected chi connectivity index (χ4v) is 2.32. The lowest BCUT2D eigenvalue weighted by atomic mass is 10.1. The summed E-state index contributed by atoms with van der Waals surface area (Å²) in [5.41, 5.74) is 7.11. The SMILES string of the molecule is COc1ccc(CC(N)CO)cc1OC(C(=O)O)c1ccccc1. The first-order valence-electron chi connectivity index (χ1n) is 7.53. The normalized spacial score (nSPS) is 13.1. The molecule has 4 N–H and O–H groups in total. The van der Waals surface area contributed by atoms with Crippen molar-refractivity contribution in [2.75, 3.05) is 13.7 Å². The van der Waals surface area contributed by atoms with Gasteiger partial charge in [-0.1, -0.05) is 36.4 Å². The molecule has 0 saturated heterocycles. The summed E-state index contributed by atoms with van der Waals surface area (Å²) in [5.74, 6) is -0.351. The maximum atomic E-state index is 11.6. The number of hydrogen-bond donors (Lipinski definition) is 3. The van der Waals surface area contributed by atoms with Gasteiger partial charge in [0.1, 0.15) is 0 Å². The summed E-state index contributed by atoms with van der Waals surface area (Å²) in [6, 6.07) is 13.5. The number of aliphatic hydroxyl groups excluding tert-OH is 1. The molecule has 2 aromatic rings. The molecule has 128 valence electrons. The average molecular weight is 331 g/mol. The molecular weight excluding hydrogens is 310 g/mol. The van der Waals surface area contributed by atoms with Crippen LogP contribution in [-0.4, -0.2) is 35.9 Å². The molecule has 0 heterocycles. The minimum atomic E-state index is -1.15. The van der Waals surface area contributed by atoms with Crippen molar-refractivity contribution < 1.29 is 24.5 Å². The van der Waals surface area contributed by atoms with Crippen LogP contribution in [0.15, 0.2) is 48.5 Å². The maximum absolute atomic E-state index is 11.6. The van der Waals surface area contributed by atoms with Crippen molar-refractivity contribution in [3.8, 4) is 11.5 Å². The Balaban J connectivity index is 2.31. The second-order valence-corrected chi connectivity index (χ2v) is 5.38. The third-order valence-electron chi connectivity index (χ3n) is 3.53. The fourth-order valence-electron chi connectivity index (χ4n) is 2.32. The molecule has 0 fully saturated rings. The quantitative estimate of drug-likeness (QED) is 0.681. The molecule has 0 aliphatic carbocycles. The van der Waals surface area contributed by atoms with Gasteiger partial charge < -0.3 is 25.4 Å². The first-order chi connectivity index (χ1) is 11.5. The zero-order chi connectivity index (χ0) is 17.5. The molecule has 0 aliphatic heterocycles. The van der Waals surface area contributed by atoms with Crippen LogP contribution in [-0.2, 0) is 11.2 Å². The van der Waals surface area contributed by atoms with Gasteiger partial charge in [-0.05, 0) is 24.1 Å². The van der Waals surface area contributed by atoms with Crippen LogP contribution in [0.2, 0.25) is 0 Å². The van der Waals surface area contributed by atoms with Crippen molar-refractivity contribution in [3.05, 3.63) is 59.7 Å². The molecule has 6 heteroatoms. The largest absolute Gasteiger partial charge is 0.493 e. The molecule has 0 aliphatic rings. The van der Waals surface area contributed by atoms with Crippen molar-refractivity contribution in [1.82, 2.24) is 0 Å². The lowest BCUT2D eigenvalue weighted by Crippen LogP contribution is -2.26. The van der Waals surface area contributed by atoms with Crippen LogP contribution < -0.4 is 15.2 Å². The number of hydrogen-bond acceptors (Lipinski definition) is 5. The van der Waals surface area contributed by atoms with E-state index in [0.717, 1.165) is 5.56 Å². The highest BCUT2D eigenvalue weighted by molar-refractivity contribution is 5.75. The van der Waals surface area contributed by atoms with Gasteiger partial charge in [0.25, 0.3) is 0 Å². The third kappa shape index (κ3) is 4.47. The highest BCUT2D eigenvalue weighted by Gasteiger charge is 2.23. The molecule has 6 nitrogen and oxygen atoms in total. The van der Waals surface area contributed by atoms with Crippen LogP contribution in [0, 0.1) is 0 Å². The van der Waals surface area contributed by atoms with E-state index in [-0.39, 0.29) is 6.61 Å². The van der Waals surface area contributed by atoms with Crippen LogP contribution in [0.4, 0.5) is 0 Å². The van der Waals surface area contributed by atoms with Gasteiger partial charge in [0.15, 0.2) is 11.5 Å². The summed E-state index contributed by atoms with van der Waals surface area (Å²) >= 11 is 0. The lowest BCUT2D eigenvalue weighted by molar-refractivity contribution is -0.145. The monoisotopic (exact) mass is 331 g/mol. The molecule has 0 bridgehead atoms. The number of ether oxygens (including phenoxy) is 2. The molecule has 2 aromatic carbocycles. The van der Waals surface area contributed by atoms with Gasteiger partial charge in [-0.2, -0.15) is 0 Å². The van der Waals surface area contributed by atoms with Crippen molar-refractivity contribution in [2.45, 2.75) is 18.6 Å². The summed E-state index contributed by atoms with van der Waals surface area (Å²) in [7, 11) is 1.49. The van der Waals surface area contributed by atoms with E-state index < -0.39 is 18.1 Å². The number of carboxylic acids is 1. The molecule has 2 atom stereocenters. The molecule has 24 heavy (non-hydrogen) atoms. The number of methoxy groups -OCH3 is 1. The number of rotatable bonds is 8. The maximum Gasteiger partial charge on any atom is 0.349 e. The molecule has 2 unspecified atom stereocenters. The van der Waals surface area contributed by atoms with Gasteiger partial charge in [0, 0.05) is 11.6 Å². The van der Waals surface area contributed by atoms with E-state index in [1.54, 1.807) is 48.5 Å². The second-order valence-electron chi connectivity index (χ2n) is 5.38. The van der Waals surface area contributed by atoms with E-state index in [1.807, 2.05) is 0 Å². The highest BCUT2D eigenvalue weighted by atomic mass is 16.5. The molecule has 0 amide bonds. The molecular formula is C18H21NO5. The van der Waals surface area contributed by atoms with E-state index >= 15 is 0 Å². The Labute approximate surface area is 140 Å². The van der Waals surface area contributed by atoms with Crippen LogP contribution in [0.3, 0.4) is 0 Å². The van der Waals surface area contributed by atoms with E-state index in [1.165, 1.54) is 7.11 Å². The standard InChI is InChI=1S/C18H21NO5/c1-23-15-8-7-12(9-14(19)11-20)10-16(15)24-17(18(21)22)13-5-3-2-4-6-13/h2-8,10,14,17,20H,9,11,19H2,1H3,(H,21,22). The predicted octanol–water partition coefficient (Wildman–Crippen LogP) is 1.76. The summed E-state index contributed by atoms with van der Waals surface area (Å²) in [4.78, 5) is 11.6. The second kappa shape index (κ2) is 8.33. The molecule has 0 spiro atoms. The Hall–Kier alpha value is -2.57. The minimum absolute atomic E-state index is 0.135. The van der Waals surface area contributed by atoms with Crippen LogP contribution in [0.1, 0.15) is 17.2 Å². The van der Waals surface area contributed by atoms with Crippen molar-refractivity contribution >= 4 is 5.97 Å². The molecule has 0 aromatic heterocycles. The van der Waals surface area contributed by atoms with Crippen molar-refractivity contribution in [2.24, 2.45) is 5.73 Å². The number of aliphatic hydroxyl groups is 1.